The Morgan fingerprint density at radius 1 is 0.630 bits per heavy atom. The standard InChI is InChI=1S/C23H16N2O2/c26-22-15-14-21(19-8-4-5-9-20(19)22)25-24-18-12-10-17(11-13-18)23(27)16-6-2-1-3-7-16/h1-15,26H. The number of rotatable bonds is 4. The van der Waals surface area contributed by atoms with E-state index in [1.807, 2.05) is 42.5 Å². The molecule has 4 aromatic carbocycles. The Morgan fingerprint density at radius 3 is 2.00 bits per heavy atom. The monoisotopic (exact) mass is 352 g/mol. The molecule has 0 atom stereocenters. The lowest BCUT2D eigenvalue weighted by Gasteiger charge is -2.03. The number of nitrogens with zero attached hydrogens (tertiary/aromatic N) is 2. The van der Waals surface area contributed by atoms with Gasteiger partial charge in [0.05, 0.1) is 11.4 Å². The van der Waals surface area contributed by atoms with Crippen molar-refractivity contribution in [2.75, 3.05) is 0 Å². The Kier molecular flexibility index (Phi) is 4.45. The van der Waals surface area contributed by atoms with E-state index in [4.69, 9.17) is 0 Å². The van der Waals surface area contributed by atoms with E-state index in [1.165, 1.54) is 0 Å². The lowest BCUT2D eigenvalue weighted by molar-refractivity contribution is 0.103. The van der Waals surface area contributed by atoms with Crippen LogP contribution < -0.4 is 0 Å². The van der Waals surface area contributed by atoms with Crippen LogP contribution in [-0.2, 0) is 0 Å². The summed E-state index contributed by atoms with van der Waals surface area (Å²) in [4.78, 5) is 12.4. The van der Waals surface area contributed by atoms with Crippen molar-refractivity contribution >= 4 is 27.9 Å². The number of carbonyl (C=O) groups is 1. The third-order valence-electron chi connectivity index (χ3n) is 4.32. The van der Waals surface area contributed by atoms with Gasteiger partial charge in [0.2, 0.25) is 0 Å². The lowest BCUT2D eigenvalue weighted by Crippen LogP contribution is -1.99. The largest absolute Gasteiger partial charge is 0.507 e. The van der Waals surface area contributed by atoms with Gasteiger partial charge in [-0.15, -0.1) is 5.11 Å². The molecule has 0 heterocycles. The summed E-state index contributed by atoms with van der Waals surface area (Å²) in [5, 5.41) is 20.1. The van der Waals surface area contributed by atoms with Gasteiger partial charge in [0.1, 0.15) is 5.75 Å². The van der Waals surface area contributed by atoms with Gasteiger partial charge in [0.15, 0.2) is 5.78 Å². The number of phenolic OH excluding ortho intramolecular Hbond substituents is 1. The zero-order valence-corrected chi connectivity index (χ0v) is 14.4. The second-order valence-electron chi connectivity index (χ2n) is 6.09. The Balaban J connectivity index is 1.59. The van der Waals surface area contributed by atoms with E-state index >= 15 is 0 Å². The average Bonchev–Trinajstić information content (AvgIpc) is 2.74. The number of carbonyl (C=O) groups excluding carboxylic acids is 1. The third-order valence-corrected chi connectivity index (χ3v) is 4.32. The average molecular weight is 352 g/mol. The first-order valence-electron chi connectivity index (χ1n) is 8.55. The molecular weight excluding hydrogens is 336 g/mol. The molecule has 1 N–H and O–H groups in total. The molecule has 0 fully saturated rings. The van der Waals surface area contributed by atoms with E-state index in [9.17, 15) is 9.90 Å². The van der Waals surface area contributed by atoms with E-state index in [1.54, 1.807) is 48.5 Å². The number of benzene rings is 4. The Morgan fingerprint density at radius 2 is 1.26 bits per heavy atom. The molecule has 4 rings (SSSR count). The first-order valence-corrected chi connectivity index (χ1v) is 8.55. The first kappa shape index (κ1) is 16.7. The van der Waals surface area contributed by atoms with Gasteiger partial charge in [-0.25, -0.2) is 0 Å². The normalized spacial score (nSPS) is 11.1. The van der Waals surface area contributed by atoms with Crippen molar-refractivity contribution in [3.8, 4) is 5.75 Å². The highest BCUT2D eigenvalue weighted by atomic mass is 16.3. The Labute approximate surface area is 156 Å². The van der Waals surface area contributed by atoms with Gasteiger partial charge in [-0.3, -0.25) is 4.79 Å². The summed E-state index contributed by atoms with van der Waals surface area (Å²) < 4.78 is 0. The van der Waals surface area contributed by atoms with Gasteiger partial charge in [-0.1, -0.05) is 54.6 Å². The fraction of sp³-hybridized carbons (Fsp3) is 0. The fourth-order valence-corrected chi connectivity index (χ4v) is 2.90. The molecule has 130 valence electrons. The third kappa shape index (κ3) is 3.46. The lowest BCUT2D eigenvalue weighted by atomic mass is 10.0. The minimum absolute atomic E-state index is 0.0244. The van der Waals surface area contributed by atoms with Gasteiger partial charge in [0.25, 0.3) is 0 Å². The number of ketones is 1. The molecule has 0 aliphatic rings. The minimum Gasteiger partial charge on any atom is -0.507 e. The molecule has 27 heavy (non-hydrogen) atoms. The molecule has 0 saturated heterocycles. The summed E-state index contributed by atoms with van der Waals surface area (Å²) in [5.74, 6) is 0.192. The smallest absolute Gasteiger partial charge is 0.193 e. The van der Waals surface area contributed by atoms with E-state index in [2.05, 4.69) is 10.2 Å². The van der Waals surface area contributed by atoms with Crippen molar-refractivity contribution in [3.05, 3.63) is 102 Å². The maximum atomic E-state index is 12.4. The summed E-state index contributed by atoms with van der Waals surface area (Å²) in [6, 6.07) is 27.0. The van der Waals surface area contributed by atoms with Crippen molar-refractivity contribution in [3.63, 3.8) is 0 Å². The number of fused-ring (bicyclic) bond motifs is 1. The number of hydrogen-bond acceptors (Lipinski definition) is 4. The topological polar surface area (TPSA) is 62.0 Å². The van der Waals surface area contributed by atoms with Crippen LogP contribution in [0.1, 0.15) is 15.9 Å². The van der Waals surface area contributed by atoms with Crippen molar-refractivity contribution in [1.29, 1.82) is 0 Å². The highest BCUT2D eigenvalue weighted by Crippen LogP contribution is 2.33. The predicted octanol–water partition coefficient (Wildman–Crippen LogP) is 6.19. The van der Waals surface area contributed by atoms with Crippen LogP contribution in [0.5, 0.6) is 5.75 Å². The molecule has 4 heteroatoms. The molecule has 4 aromatic rings. The van der Waals surface area contributed by atoms with Gasteiger partial charge in [-0.2, -0.15) is 5.11 Å². The van der Waals surface area contributed by atoms with Crippen LogP contribution in [0, 0.1) is 0 Å². The molecule has 0 unspecified atom stereocenters. The van der Waals surface area contributed by atoms with Crippen LogP contribution in [0.3, 0.4) is 0 Å². The first-order chi connectivity index (χ1) is 13.2. The van der Waals surface area contributed by atoms with Crippen LogP contribution in [0.25, 0.3) is 10.8 Å². The number of phenols is 1. The Hall–Kier alpha value is -3.79. The molecule has 0 spiro atoms. The number of aromatic hydroxyl groups is 1. The van der Waals surface area contributed by atoms with E-state index in [0.29, 0.717) is 22.5 Å². The van der Waals surface area contributed by atoms with Gasteiger partial charge >= 0.3 is 0 Å². The van der Waals surface area contributed by atoms with E-state index < -0.39 is 0 Å². The highest BCUT2D eigenvalue weighted by molar-refractivity contribution is 6.09. The zero-order chi connectivity index (χ0) is 18.6. The molecule has 4 nitrogen and oxygen atoms in total. The van der Waals surface area contributed by atoms with Crippen molar-refractivity contribution < 1.29 is 9.90 Å². The maximum Gasteiger partial charge on any atom is 0.193 e. The molecule has 0 amide bonds. The van der Waals surface area contributed by atoms with Crippen LogP contribution in [0.4, 0.5) is 11.4 Å². The molecule has 0 bridgehead atoms. The molecular formula is C23H16N2O2. The molecule has 0 aromatic heterocycles. The van der Waals surface area contributed by atoms with Gasteiger partial charge in [0, 0.05) is 21.9 Å². The van der Waals surface area contributed by atoms with Gasteiger partial charge in [-0.05, 0) is 36.4 Å². The van der Waals surface area contributed by atoms with Crippen molar-refractivity contribution in [1.82, 2.24) is 0 Å². The second-order valence-corrected chi connectivity index (χ2v) is 6.09. The quantitative estimate of drug-likeness (QED) is 0.351. The van der Waals surface area contributed by atoms with Crippen LogP contribution >= 0.6 is 0 Å². The summed E-state index contributed by atoms with van der Waals surface area (Å²) >= 11 is 0. The summed E-state index contributed by atoms with van der Waals surface area (Å²) in [6.45, 7) is 0. The fourth-order valence-electron chi connectivity index (χ4n) is 2.90. The van der Waals surface area contributed by atoms with Crippen LogP contribution in [-0.4, -0.2) is 10.9 Å². The molecule has 0 saturated carbocycles. The summed E-state index contributed by atoms with van der Waals surface area (Å²) in [5.41, 5.74) is 2.59. The molecule has 0 aliphatic heterocycles. The number of hydrogen-bond donors (Lipinski definition) is 1. The highest BCUT2D eigenvalue weighted by Gasteiger charge is 2.08. The van der Waals surface area contributed by atoms with Gasteiger partial charge < -0.3 is 5.11 Å². The summed E-state index contributed by atoms with van der Waals surface area (Å²) in [7, 11) is 0. The SMILES string of the molecule is O=C(c1ccccc1)c1ccc(N=Nc2ccc(O)c3ccccc23)cc1. The summed E-state index contributed by atoms with van der Waals surface area (Å²) in [6.07, 6.45) is 0. The van der Waals surface area contributed by atoms with Crippen molar-refractivity contribution in [2.45, 2.75) is 0 Å². The predicted molar refractivity (Wildman–Crippen MR) is 106 cm³/mol. The van der Waals surface area contributed by atoms with E-state index in [0.717, 1.165) is 10.8 Å². The van der Waals surface area contributed by atoms with Crippen molar-refractivity contribution in [2.24, 2.45) is 10.2 Å². The van der Waals surface area contributed by atoms with E-state index in [-0.39, 0.29) is 11.5 Å². The molecule has 0 radical (unpaired) electrons. The molecule has 0 aliphatic carbocycles. The minimum atomic E-state index is -0.0244. The van der Waals surface area contributed by atoms with Crippen LogP contribution in [0.15, 0.2) is 101 Å². The Bertz CT molecular complexity index is 1130. The number of azo groups is 1. The zero-order valence-electron chi connectivity index (χ0n) is 14.4. The maximum absolute atomic E-state index is 12.4. The van der Waals surface area contributed by atoms with Crippen LogP contribution in [0.2, 0.25) is 0 Å². The second kappa shape index (κ2) is 7.22.